The fourth-order valence-corrected chi connectivity index (χ4v) is 3.08. The number of hydrogen-bond donors (Lipinski definition) is 2. The Balaban J connectivity index is 1.83. The molecule has 1 aromatic heterocycles. The van der Waals surface area contributed by atoms with Gasteiger partial charge in [0.25, 0.3) is 0 Å². The Bertz CT molecular complexity index is 539. The molecule has 112 valence electrons. The van der Waals surface area contributed by atoms with E-state index in [1.807, 2.05) is 54.8 Å². The van der Waals surface area contributed by atoms with Crippen molar-refractivity contribution in [2.75, 3.05) is 6.54 Å². The molecule has 2 aromatic rings. The van der Waals surface area contributed by atoms with Crippen LogP contribution in [0.1, 0.15) is 42.2 Å². The number of aliphatic hydroxyl groups is 1. The lowest BCUT2D eigenvalue weighted by atomic mass is 9.95. The lowest BCUT2D eigenvalue weighted by Crippen LogP contribution is -2.30. The van der Waals surface area contributed by atoms with E-state index in [0.717, 1.165) is 16.9 Å². The molecule has 0 aliphatic carbocycles. The van der Waals surface area contributed by atoms with E-state index < -0.39 is 6.10 Å². The van der Waals surface area contributed by atoms with E-state index in [4.69, 9.17) is 0 Å². The fraction of sp³-hybridized carbons (Fsp3) is 0.353. The molecule has 0 spiro atoms. The minimum atomic E-state index is -0.498. The van der Waals surface area contributed by atoms with Gasteiger partial charge in [0.1, 0.15) is 0 Å². The highest BCUT2D eigenvalue weighted by atomic mass is 32.1. The minimum absolute atomic E-state index is 0.0297. The summed E-state index contributed by atoms with van der Waals surface area (Å²) in [6.07, 6.45) is 0.808. The largest absolute Gasteiger partial charge is 0.388 e. The Morgan fingerprint density at radius 1 is 1.24 bits per heavy atom. The second-order valence-electron chi connectivity index (χ2n) is 4.98. The number of carbonyl (C=O) groups is 1. The lowest BCUT2D eigenvalue weighted by molar-refractivity contribution is -0.122. The van der Waals surface area contributed by atoms with E-state index in [1.165, 1.54) is 11.3 Å². The van der Waals surface area contributed by atoms with Gasteiger partial charge in [0.15, 0.2) is 0 Å². The van der Waals surface area contributed by atoms with Crippen LogP contribution >= 0.6 is 11.3 Å². The third kappa shape index (κ3) is 4.41. The zero-order valence-electron chi connectivity index (χ0n) is 12.2. The summed E-state index contributed by atoms with van der Waals surface area (Å²) in [5.41, 5.74) is 1.04. The monoisotopic (exact) mass is 303 g/mol. The molecule has 0 aliphatic heterocycles. The lowest BCUT2D eigenvalue weighted by Gasteiger charge is -2.16. The molecular weight excluding hydrogens is 282 g/mol. The van der Waals surface area contributed by atoms with E-state index in [0.29, 0.717) is 13.0 Å². The van der Waals surface area contributed by atoms with E-state index in [-0.39, 0.29) is 11.8 Å². The van der Waals surface area contributed by atoms with Crippen molar-refractivity contribution < 1.29 is 9.90 Å². The summed E-state index contributed by atoms with van der Waals surface area (Å²) in [5, 5.41) is 14.9. The number of hydrogen-bond acceptors (Lipinski definition) is 3. The highest BCUT2D eigenvalue weighted by Gasteiger charge is 2.18. The first-order valence-corrected chi connectivity index (χ1v) is 8.14. The summed E-state index contributed by atoms with van der Waals surface area (Å²) < 4.78 is 0. The Kier molecular flexibility index (Phi) is 5.96. The Morgan fingerprint density at radius 3 is 2.62 bits per heavy atom. The van der Waals surface area contributed by atoms with E-state index in [9.17, 15) is 9.90 Å². The predicted octanol–water partition coefficient (Wildman–Crippen LogP) is 3.48. The molecule has 0 unspecified atom stereocenters. The molecule has 0 fully saturated rings. The second-order valence-corrected chi connectivity index (χ2v) is 5.96. The summed E-state index contributed by atoms with van der Waals surface area (Å²) in [7, 11) is 0. The van der Waals surface area contributed by atoms with Gasteiger partial charge in [0.2, 0.25) is 5.91 Å². The molecule has 21 heavy (non-hydrogen) atoms. The quantitative estimate of drug-likeness (QED) is 0.822. The van der Waals surface area contributed by atoms with Crippen LogP contribution < -0.4 is 5.32 Å². The van der Waals surface area contributed by atoms with Gasteiger partial charge in [-0.1, -0.05) is 43.3 Å². The minimum Gasteiger partial charge on any atom is -0.388 e. The number of aliphatic hydroxyl groups excluding tert-OH is 1. The maximum Gasteiger partial charge on any atom is 0.227 e. The average molecular weight is 303 g/mol. The maximum absolute atomic E-state index is 12.3. The summed E-state index contributed by atoms with van der Waals surface area (Å²) in [6, 6.07) is 13.6. The summed E-state index contributed by atoms with van der Waals surface area (Å²) in [6.45, 7) is 2.50. The van der Waals surface area contributed by atoms with Crippen molar-refractivity contribution in [3.63, 3.8) is 0 Å². The van der Waals surface area contributed by atoms with Crippen molar-refractivity contribution in [2.24, 2.45) is 0 Å². The summed E-state index contributed by atoms with van der Waals surface area (Å²) in [5.74, 6) is -0.0906. The van der Waals surface area contributed by atoms with Crippen molar-refractivity contribution in [3.05, 3.63) is 58.3 Å². The zero-order valence-corrected chi connectivity index (χ0v) is 13.0. The van der Waals surface area contributed by atoms with Crippen molar-refractivity contribution in [1.82, 2.24) is 5.32 Å². The summed E-state index contributed by atoms with van der Waals surface area (Å²) >= 11 is 1.53. The molecule has 2 atom stereocenters. The van der Waals surface area contributed by atoms with E-state index in [2.05, 4.69) is 5.32 Å². The predicted molar refractivity (Wildman–Crippen MR) is 86.4 cm³/mol. The summed E-state index contributed by atoms with van der Waals surface area (Å²) in [4.78, 5) is 13.2. The molecule has 2 N–H and O–H groups in total. The van der Waals surface area contributed by atoms with Gasteiger partial charge in [0.05, 0.1) is 12.0 Å². The van der Waals surface area contributed by atoms with Crippen molar-refractivity contribution in [2.45, 2.75) is 31.8 Å². The van der Waals surface area contributed by atoms with Gasteiger partial charge < -0.3 is 10.4 Å². The number of nitrogens with one attached hydrogen (secondary N) is 1. The van der Waals surface area contributed by atoms with Gasteiger partial charge in [-0.05, 0) is 29.9 Å². The Morgan fingerprint density at radius 2 is 2.00 bits per heavy atom. The van der Waals surface area contributed by atoms with Crippen molar-refractivity contribution in [3.8, 4) is 0 Å². The molecule has 1 aromatic carbocycles. The van der Waals surface area contributed by atoms with Gasteiger partial charge >= 0.3 is 0 Å². The van der Waals surface area contributed by atoms with E-state index in [1.54, 1.807) is 0 Å². The molecular formula is C17H21NO2S. The van der Waals surface area contributed by atoms with Crippen LogP contribution in [0.3, 0.4) is 0 Å². The number of amides is 1. The highest BCUT2D eigenvalue weighted by Crippen LogP contribution is 2.22. The SMILES string of the molecule is CC[C@H](C(=O)NCC[C@@H](O)c1cccs1)c1ccccc1. The molecule has 3 nitrogen and oxygen atoms in total. The van der Waals surface area contributed by atoms with Crippen molar-refractivity contribution >= 4 is 17.2 Å². The third-order valence-electron chi connectivity index (χ3n) is 3.52. The van der Waals surface area contributed by atoms with Crippen LogP contribution in [0.4, 0.5) is 0 Å². The molecule has 2 rings (SSSR count). The normalized spacial score (nSPS) is 13.6. The fourth-order valence-electron chi connectivity index (χ4n) is 2.34. The smallest absolute Gasteiger partial charge is 0.227 e. The number of rotatable bonds is 7. The van der Waals surface area contributed by atoms with Crippen LogP contribution in [0.2, 0.25) is 0 Å². The van der Waals surface area contributed by atoms with Gasteiger partial charge in [0, 0.05) is 11.4 Å². The van der Waals surface area contributed by atoms with Crippen LogP contribution in [-0.2, 0) is 4.79 Å². The topological polar surface area (TPSA) is 49.3 Å². The number of carbonyl (C=O) groups excluding carboxylic acids is 1. The molecule has 0 bridgehead atoms. The number of thiophene rings is 1. The standard InChI is InChI=1S/C17H21NO2S/c1-2-14(13-7-4-3-5-8-13)17(20)18-11-10-15(19)16-9-6-12-21-16/h3-9,12,14-15,19H,2,10-11H2,1H3,(H,18,20)/t14-,15+/m0/s1. The van der Waals surface area contributed by atoms with Crippen LogP contribution in [0.25, 0.3) is 0 Å². The molecule has 1 heterocycles. The number of benzene rings is 1. The van der Waals surface area contributed by atoms with Gasteiger partial charge in [-0.3, -0.25) is 4.79 Å². The van der Waals surface area contributed by atoms with Crippen LogP contribution in [0.15, 0.2) is 47.8 Å². The average Bonchev–Trinajstić information content (AvgIpc) is 3.03. The molecule has 0 radical (unpaired) electrons. The van der Waals surface area contributed by atoms with Crippen molar-refractivity contribution in [1.29, 1.82) is 0 Å². The molecule has 0 saturated heterocycles. The molecule has 0 aliphatic rings. The zero-order chi connectivity index (χ0) is 15.1. The van der Waals surface area contributed by atoms with Gasteiger partial charge in [-0.2, -0.15) is 0 Å². The molecule has 0 saturated carbocycles. The van der Waals surface area contributed by atoms with Crippen LogP contribution in [0.5, 0.6) is 0 Å². The van der Waals surface area contributed by atoms with Gasteiger partial charge in [-0.15, -0.1) is 11.3 Å². The Hall–Kier alpha value is -1.65. The first-order valence-electron chi connectivity index (χ1n) is 7.26. The van der Waals surface area contributed by atoms with E-state index >= 15 is 0 Å². The first kappa shape index (κ1) is 15.7. The first-order chi connectivity index (χ1) is 10.2. The van der Waals surface area contributed by atoms with Crippen LogP contribution in [-0.4, -0.2) is 17.6 Å². The third-order valence-corrected chi connectivity index (χ3v) is 4.49. The maximum atomic E-state index is 12.3. The second kappa shape index (κ2) is 7.96. The Labute approximate surface area is 129 Å². The van der Waals surface area contributed by atoms with Gasteiger partial charge in [-0.25, -0.2) is 0 Å². The highest BCUT2D eigenvalue weighted by molar-refractivity contribution is 7.10. The van der Waals surface area contributed by atoms with Crippen LogP contribution in [0, 0.1) is 0 Å². The molecule has 1 amide bonds. The molecule has 4 heteroatoms.